The zero-order valence-electron chi connectivity index (χ0n) is 22.3. The second-order valence-electron chi connectivity index (χ2n) is 11.5. The van der Waals surface area contributed by atoms with Crippen LogP contribution >= 0.6 is 0 Å². The number of ketones is 2. The van der Waals surface area contributed by atoms with Gasteiger partial charge >= 0.3 is 0 Å². The summed E-state index contributed by atoms with van der Waals surface area (Å²) in [7, 11) is 3.70. The number of carbonyl (C=O) groups is 3. The van der Waals surface area contributed by atoms with Gasteiger partial charge in [-0.2, -0.15) is 0 Å². The van der Waals surface area contributed by atoms with E-state index in [9.17, 15) is 34.8 Å². The molecule has 10 heteroatoms. The number of phenols is 1. The monoisotopic (exact) mass is 545 g/mol. The Kier molecular flexibility index (Phi) is 5.83. The molecule has 0 fully saturated rings. The first-order valence-corrected chi connectivity index (χ1v) is 13.2. The second-order valence-corrected chi connectivity index (χ2v) is 11.5. The fourth-order valence-electron chi connectivity index (χ4n) is 7.00. The number of phenolic OH excluding ortho intramolecular Hbond substituents is 1. The highest BCUT2D eigenvalue weighted by atomic mass is 16.3. The van der Waals surface area contributed by atoms with Crippen LogP contribution in [0.25, 0.3) is 0 Å². The Morgan fingerprint density at radius 3 is 2.35 bits per heavy atom. The van der Waals surface area contributed by atoms with Crippen molar-refractivity contribution in [1.29, 1.82) is 0 Å². The molecule has 0 spiro atoms. The molecule has 2 aromatic carbocycles. The van der Waals surface area contributed by atoms with Gasteiger partial charge in [0.05, 0.1) is 5.56 Å². The third-order valence-corrected chi connectivity index (χ3v) is 8.90. The maximum absolute atomic E-state index is 14.0. The fourth-order valence-corrected chi connectivity index (χ4v) is 7.00. The first-order chi connectivity index (χ1) is 18.9. The number of allylic oxidation sites excluding steroid dienone is 2. The number of aliphatic hydroxyl groups excluding tert-OH is 2. The van der Waals surface area contributed by atoms with E-state index in [0.29, 0.717) is 30.8 Å². The molecule has 0 unspecified atom stereocenters. The standard InChI is InChI=1S/C30H31N3O7/c1-32(2)20-9-17(13-33-11-14-5-3-4-6-15(14)12-33)25(35)23-19(20)8-16-7-18-10-21(34)24(29(31)39)28(38)30(18,40)27(37)22(16)26(23)36/h3-6,9,16,18,34-35,37,40H,7-8,10-13H2,1-2H3,(H2,31,39)/t16-,18+,30+/m1/s1. The SMILES string of the molecule is CN(C)c1cc(CN2Cc3ccccc3C2)c(O)c2c1C[C@H]1C[C@H]3CC(O)=C(C(N)=O)C(=O)[C@@]3(O)C(O)=C1C2=O. The molecule has 6 N–H and O–H groups in total. The molecule has 2 aromatic rings. The molecular formula is C30H31N3O7. The molecule has 0 bridgehead atoms. The molecule has 0 saturated carbocycles. The van der Waals surface area contributed by atoms with Gasteiger partial charge in [-0.05, 0) is 41.5 Å². The van der Waals surface area contributed by atoms with Gasteiger partial charge in [0.25, 0.3) is 5.91 Å². The number of benzene rings is 2. The summed E-state index contributed by atoms with van der Waals surface area (Å²) >= 11 is 0. The van der Waals surface area contributed by atoms with E-state index < -0.39 is 52.0 Å². The lowest BCUT2D eigenvalue weighted by atomic mass is 9.60. The molecule has 208 valence electrons. The van der Waals surface area contributed by atoms with Crippen molar-refractivity contribution in [3.8, 4) is 5.75 Å². The smallest absolute Gasteiger partial charge is 0.255 e. The highest BCUT2D eigenvalue weighted by molar-refractivity contribution is 6.24. The Balaban J connectivity index is 1.44. The molecule has 4 aliphatic rings. The molecule has 0 radical (unpaired) electrons. The van der Waals surface area contributed by atoms with Gasteiger partial charge in [-0.25, -0.2) is 0 Å². The maximum Gasteiger partial charge on any atom is 0.255 e. The average Bonchev–Trinajstić information content (AvgIpc) is 3.30. The molecule has 3 atom stereocenters. The van der Waals surface area contributed by atoms with Gasteiger partial charge in [0.15, 0.2) is 11.4 Å². The molecular weight excluding hydrogens is 514 g/mol. The Morgan fingerprint density at radius 1 is 1.10 bits per heavy atom. The predicted molar refractivity (Wildman–Crippen MR) is 145 cm³/mol. The van der Waals surface area contributed by atoms with Gasteiger partial charge in [0.1, 0.15) is 22.8 Å². The van der Waals surface area contributed by atoms with E-state index in [-0.39, 0.29) is 36.1 Å². The van der Waals surface area contributed by atoms with E-state index in [1.54, 1.807) is 0 Å². The van der Waals surface area contributed by atoms with Crippen LogP contribution in [0.15, 0.2) is 53.0 Å². The number of anilines is 1. The van der Waals surface area contributed by atoms with Crippen LogP contribution in [0.3, 0.4) is 0 Å². The maximum atomic E-state index is 14.0. The summed E-state index contributed by atoms with van der Waals surface area (Å²) in [6.07, 6.45) is 0.119. The number of fused-ring (bicyclic) bond motifs is 4. The topological polar surface area (TPSA) is 165 Å². The second kappa shape index (κ2) is 8.94. The average molecular weight is 546 g/mol. The molecule has 40 heavy (non-hydrogen) atoms. The first-order valence-electron chi connectivity index (χ1n) is 13.2. The van der Waals surface area contributed by atoms with Gasteiger partial charge in [-0.15, -0.1) is 0 Å². The van der Waals surface area contributed by atoms with Gasteiger partial charge in [0.2, 0.25) is 5.78 Å². The van der Waals surface area contributed by atoms with Gasteiger partial charge in [0, 0.05) is 62.9 Å². The van der Waals surface area contributed by atoms with Gasteiger partial charge in [-0.3, -0.25) is 19.3 Å². The Labute approximate surface area is 230 Å². The number of hydrogen-bond acceptors (Lipinski definition) is 9. The zero-order valence-corrected chi connectivity index (χ0v) is 22.3. The minimum Gasteiger partial charge on any atom is -0.511 e. The quantitative estimate of drug-likeness (QED) is 0.362. The number of aliphatic hydroxyl groups is 3. The van der Waals surface area contributed by atoms with Crippen LogP contribution < -0.4 is 10.6 Å². The summed E-state index contributed by atoms with van der Waals surface area (Å²) in [4.78, 5) is 43.1. The number of amides is 1. The molecule has 0 aromatic heterocycles. The third kappa shape index (κ3) is 3.59. The number of hydrogen-bond donors (Lipinski definition) is 5. The van der Waals surface area contributed by atoms with E-state index in [1.807, 2.05) is 37.2 Å². The summed E-state index contributed by atoms with van der Waals surface area (Å²) in [6, 6.07) is 10.00. The zero-order chi connectivity index (χ0) is 28.7. The minimum atomic E-state index is -2.57. The number of aromatic hydroxyl groups is 1. The molecule has 10 nitrogen and oxygen atoms in total. The molecule has 0 saturated heterocycles. The van der Waals surface area contributed by atoms with Crippen LogP contribution in [0.1, 0.15) is 45.5 Å². The van der Waals surface area contributed by atoms with Crippen molar-refractivity contribution in [3.63, 3.8) is 0 Å². The first kappa shape index (κ1) is 26.1. The van der Waals surface area contributed by atoms with Crippen LogP contribution in [0.5, 0.6) is 5.75 Å². The van der Waals surface area contributed by atoms with Gasteiger partial charge < -0.3 is 31.1 Å². The van der Waals surface area contributed by atoms with Crippen molar-refractivity contribution in [3.05, 3.63) is 80.8 Å². The lowest BCUT2D eigenvalue weighted by Crippen LogP contribution is -2.57. The molecule has 1 heterocycles. The van der Waals surface area contributed by atoms with Crippen molar-refractivity contribution in [2.24, 2.45) is 17.6 Å². The molecule has 1 amide bonds. The molecule has 6 rings (SSSR count). The number of carbonyl (C=O) groups excluding carboxylic acids is 3. The molecule has 3 aliphatic carbocycles. The Hall–Kier alpha value is -4.15. The van der Waals surface area contributed by atoms with E-state index >= 15 is 0 Å². The number of primary amides is 1. The minimum absolute atomic E-state index is 0.0366. The summed E-state index contributed by atoms with van der Waals surface area (Å²) < 4.78 is 0. The van der Waals surface area contributed by atoms with Crippen LogP contribution in [0, 0.1) is 11.8 Å². The summed E-state index contributed by atoms with van der Waals surface area (Å²) in [5.41, 5.74) is 6.14. The van der Waals surface area contributed by atoms with Crippen LogP contribution in [-0.2, 0) is 35.6 Å². The fraction of sp³-hybridized carbons (Fsp3) is 0.367. The summed E-state index contributed by atoms with van der Waals surface area (Å²) in [5.74, 6) is -6.22. The van der Waals surface area contributed by atoms with Crippen molar-refractivity contribution in [2.45, 2.75) is 44.5 Å². The third-order valence-electron chi connectivity index (χ3n) is 8.90. The number of nitrogens with two attached hydrogens (primary N) is 1. The lowest BCUT2D eigenvalue weighted by molar-refractivity contribution is -0.144. The van der Waals surface area contributed by atoms with Crippen molar-refractivity contribution >= 4 is 23.2 Å². The van der Waals surface area contributed by atoms with Crippen molar-refractivity contribution in [1.82, 2.24) is 4.90 Å². The number of Topliss-reactive ketones (excluding diaryl/α,β-unsaturated/α-hetero) is 2. The highest BCUT2D eigenvalue weighted by Crippen LogP contribution is 2.52. The lowest BCUT2D eigenvalue weighted by Gasteiger charge is -2.46. The Bertz CT molecular complexity index is 1550. The normalized spacial score (nSPS) is 25.9. The van der Waals surface area contributed by atoms with Gasteiger partial charge in [-0.1, -0.05) is 24.3 Å². The van der Waals surface area contributed by atoms with E-state index in [2.05, 4.69) is 17.0 Å². The summed E-state index contributed by atoms with van der Waals surface area (Å²) in [5, 5.41) is 44.6. The van der Waals surface area contributed by atoms with E-state index in [4.69, 9.17) is 5.73 Å². The number of rotatable bonds is 4. The van der Waals surface area contributed by atoms with E-state index in [0.717, 1.165) is 5.69 Å². The van der Waals surface area contributed by atoms with Crippen LogP contribution in [0.2, 0.25) is 0 Å². The van der Waals surface area contributed by atoms with Crippen LogP contribution in [-0.4, -0.2) is 62.5 Å². The largest absolute Gasteiger partial charge is 0.511 e. The number of nitrogens with zero attached hydrogens (tertiary/aromatic N) is 2. The van der Waals surface area contributed by atoms with Crippen LogP contribution in [0.4, 0.5) is 5.69 Å². The van der Waals surface area contributed by atoms with Crippen molar-refractivity contribution < 1.29 is 34.8 Å². The Morgan fingerprint density at radius 2 is 1.75 bits per heavy atom. The van der Waals surface area contributed by atoms with E-state index in [1.165, 1.54) is 11.1 Å². The predicted octanol–water partition coefficient (Wildman–Crippen LogP) is 2.16. The highest BCUT2D eigenvalue weighted by Gasteiger charge is 2.59. The molecule has 1 aliphatic heterocycles. The van der Waals surface area contributed by atoms with Crippen molar-refractivity contribution in [2.75, 3.05) is 19.0 Å². The summed E-state index contributed by atoms with van der Waals surface area (Å²) in [6.45, 7) is 1.78.